The first-order valence-corrected chi connectivity index (χ1v) is 9.78. The summed E-state index contributed by atoms with van der Waals surface area (Å²) in [7, 11) is 1.85. The summed E-state index contributed by atoms with van der Waals surface area (Å²) in [5.41, 5.74) is 2.25. The Morgan fingerprint density at radius 3 is 3.00 bits per heavy atom. The highest BCUT2D eigenvalue weighted by molar-refractivity contribution is 9.10. The SMILES string of the molecule is Cn1cc(-c2nc3c4cccc(Br)c4nc(N[C@@H]4CCCNC4=O)n3n2)cn1. The van der Waals surface area contributed by atoms with Crippen molar-refractivity contribution in [1.82, 2.24) is 34.7 Å². The average molecular weight is 441 g/mol. The van der Waals surface area contributed by atoms with Crippen molar-refractivity contribution in [3.05, 3.63) is 35.1 Å². The molecule has 28 heavy (non-hydrogen) atoms. The van der Waals surface area contributed by atoms with Gasteiger partial charge >= 0.3 is 0 Å². The molecule has 2 N–H and O–H groups in total. The molecular weight excluding hydrogens is 424 g/mol. The summed E-state index contributed by atoms with van der Waals surface area (Å²) in [5.74, 6) is 1.01. The summed E-state index contributed by atoms with van der Waals surface area (Å²) >= 11 is 3.57. The van der Waals surface area contributed by atoms with E-state index in [0.717, 1.165) is 33.8 Å². The van der Waals surface area contributed by atoms with Gasteiger partial charge in [0.05, 0.1) is 17.3 Å². The Balaban J connectivity index is 1.71. The Bertz CT molecular complexity index is 1210. The fourth-order valence-corrected chi connectivity index (χ4v) is 3.87. The van der Waals surface area contributed by atoms with Crippen LogP contribution in [0.1, 0.15) is 12.8 Å². The van der Waals surface area contributed by atoms with E-state index in [1.807, 2.05) is 31.4 Å². The molecule has 0 aliphatic carbocycles. The Labute approximate surface area is 168 Å². The minimum Gasteiger partial charge on any atom is -0.354 e. The standard InChI is InChI=1S/C18H17BrN8O/c1-26-9-10(8-21-26)15-24-16-11-4-2-5-12(19)14(11)23-18(27(16)25-15)22-13-6-3-7-20-17(13)28/h2,4-5,8-9,13H,3,6-7H2,1H3,(H,20,28)(H,22,23)/t13-/m1/s1. The molecule has 0 bridgehead atoms. The van der Waals surface area contributed by atoms with Gasteiger partial charge in [0.25, 0.3) is 0 Å². The number of halogens is 1. The third kappa shape index (κ3) is 2.80. The minimum atomic E-state index is -0.351. The number of rotatable bonds is 3. The van der Waals surface area contributed by atoms with Crippen molar-refractivity contribution in [3.63, 3.8) is 0 Å². The van der Waals surface area contributed by atoms with E-state index < -0.39 is 0 Å². The topological polar surface area (TPSA) is 102 Å². The molecule has 1 aliphatic heterocycles. The maximum absolute atomic E-state index is 12.2. The van der Waals surface area contributed by atoms with Gasteiger partial charge in [-0.05, 0) is 40.9 Å². The van der Waals surface area contributed by atoms with Crippen LogP contribution in [0.4, 0.5) is 5.95 Å². The van der Waals surface area contributed by atoms with Crippen LogP contribution in [0.25, 0.3) is 27.9 Å². The van der Waals surface area contributed by atoms with E-state index >= 15 is 0 Å². The van der Waals surface area contributed by atoms with Gasteiger partial charge in [0.1, 0.15) is 6.04 Å². The zero-order valence-corrected chi connectivity index (χ0v) is 16.6. The van der Waals surface area contributed by atoms with Crippen molar-refractivity contribution in [1.29, 1.82) is 0 Å². The van der Waals surface area contributed by atoms with Crippen LogP contribution in [0.3, 0.4) is 0 Å². The second-order valence-electron chi connectivity index (χ2n) is 6.78. The van der Waals surface area contributed by atoms with Crippen LogP contribution in [0.15, 0.2) is 35.1 Å². The van der Waals surface area contributed by atoms with E-state index in [2.05, 4.69) is 36.8 Å². The number of amides is 1. The van der Waals surface area contributed by atoms with Crippen LogP contribution < -0.4 is 10.6 Å². The molecule has 1 saturated heterocycles. The van der Waals surface area contributed by atoms with Crippen LogP contribution in [-0.4, -0.2) is 47.9 Å². The highest BCUT2D eigenvalue weighted by Gasteiger charge is 2.24. The molecule has 10 heteroatoms. The number of piperidine rings is 1. The lowest BCUT2D eigenvalue weighted by atomic mass is 10.1. The number of hydrogen-bond acceptors (Lipinski definition) is 6. The molecule has 4 aromatic rings. The molecule has 1 aliphatic rings. The van der Waals surface area contributed by atoms with E-state index in [1.54, 1.807) is 15.4 Å². The van der Waals surface area contributed by atoms with Crippen LogP contribution in [0.5, 0.6) is 0 Å². The molecule has 3 aromatic heterocycles. The summed E-state index contributed by atoms with van der Waals surface area (Å²) < 4.78 is 4.23. The molecule has 0 radical (unpaired) electrons. The van der Waals surface area contributed by atoms with Crippen molar-refractivity contribution in [2.24, 2.45) is 7.05 Å². The van der Waals surface area contributed by atoms with Gasteiger partial charge in [0, 0.05) is 29.6 Å². The first-order valence-electron chi connectivity index (χ1n) is 8.98. The number of benzene rings is 1. The van der Waals surface area contributed by atoms with Gasteiger partial charge < -0.3 is 10.6 Å². The van der Waals surface area contributed by atoms with Crippen molar-refractivity contribution in [3.8, 4) is 11.4 Å². The fraction of sp³-hybridized carbons (Fsp3) is 0.278. The predicted octanol–water partition coefficient (Wildman–Crippen LogP) is 2.13. The quantitative estimate of drug-likeness (QED) is 0.505. The molecular formula is C18H17BrN8O. The van der Waals surface area contributed by atoms with Crippen LogP contribution in [0, 0.1) is 0 Å². The van der Waals surface area contributed by atoms with E-state index in [1.165, 1.54) is 0 Å². The monoisotopic (exact) mass is 440 g/mol. The number of anilines is 1. The van der Waals surface area contributed by atoms with Gasteiger partial charge in [-0.15, -0.1) is 5.10 Å². The summed E-state index contributed by atoms with van der Waals surface area (Å²) in [6.45, 7) is 0.706. The number of aromatic nitrogens is 6. The number of para-hydroxylation sites is 1. The first-order chi connectivity index (χ1) is 13.6. The lowest BCUT2D eigenvalue weighted by Crippen LogP contribution is -2.44. The van der Waals surface area contributed by atoms with Crippen LogP contribution >= 0.6 is 15.9 Å². The molecule has 1 fully saturated rings. The molecule has 9 nitrogen and oxygen atoms in total. The molecule has 4 heterocycles. The molecule has 142 valence electrons. The Morgan fingerprint density at radius 1 is 1.32 bits per heavy atom. The van der Waals surface area contributed by atoms with Crippen molar-refractivity contribution >= 4 is 44.3 Å². The second-order valence-corrected chi connectivity index (χ2v) is 7.63. The molecule has 1 amide bonds. The van der Waals surface area contributed by atoms with Crippen molar-refractivity contribution in [2.45, 2.75) is 18.9 Å². The van der Waals surface area contributed by atoms with Gasteiger partial charge in [-0.25, -0.2) is 9.97 Å². The van der Waals surface area contributed by atoms with E-state index in [9.17, 15) is 4.79 Å². The second kappa shape index (κ2) is 6.55. The van der Waals surface area contributed by atoms with Gasteiger partial charge in [0.15, 0.2) is 11.5 Å². The molecule has 1 aromatic carbocycles. The third-order valence-electron chi connectivity index (χ3n) is 4.80. The number of hydrogen-bond donors (Lipinski definition) is 2. The largest absolute Gasteiger partial charge is 0.354 e. The van der Waals surface area contributed by atoms with Crippen LogP contribution in [0.2, 0.25) is 0 Å². The third-order valence-corrected chi connectivity index (χ3v) is 5.44. The zero-order valence-electron chi connectivity index (χ0n) is 15.1. The number of carbonyl (C=O) groups is 1. The Morgan fingerprint density at radius 2 is 2.21 bits per heavy atom. The van der Waals surface area contributed by atoms with E-state index in [-0.39, 0.29) is 11.9 Å². The summed E-state index contributed by atoms with van der Waals surface area (Å²) in [4.78, 5) is 21.7. The molecule has 5 rings (SSSR count). The fourth-order valence-electron chi connectivity index (χ4n) is 3.41. The van der Waals surface area contributed by atoms with E-state index in [0.29, 0.717) is 24.0 Å². The van der Waals surface area contributed by atoms with Crippen molar-refractivity contribution < 1.29 is 4.79 Å². The smallest absolute Gasteiger partial charge is 0.242 e. The lowest BCUT2D eigenvalue weighted by molar-refractivity contribution is -0.123. The normalized spacial score (nSPS) is 17.2. The van der Waals surface area contributed by atoms with Crippen molar-refractivity contribution in [2.75, 3.05) is 11.9 Å². The first kappa shape index (κ1) is 17.1. The summed E-state index contributed by atoms with van der Waals surface area (Å²) in [6, 6.07) is 5.48. The Hall–Kier alpha value is -3.01. The highest BCUT2D eigenvalue weighted by Crippen LogP contribution is 2.29. The number of aryl methyl sites for hydroxylation is 1. The number of nitrogens with one attached hydrogen (secondary N) is 2. The lowest BCUT2D eigenvalue weighted by Gasteiger charge is -2.23. The van der Waals surface area contributed by atoms with Gasteiger partial charge in [0.2, 0.25) is 11.9 Å². The van der Waals surface area contributed by atoms with Gasteiger partial charge in [-0.2, -0.15) is 9.61 Å². The Kier molecular flexibility index (Phi) is 4.00. The van der Waals surface area contributed by atoms with Gasteiger partial charge in [-0.3, -0.25) is 9.48 Å². The molecule has 0 saturated carbocycles. The average Bonchev–Trinajstić information content (AvgIpc) is 3.31. The number of carbonyl (C=O) groups excluding carboxylic acids is 1. The minimum absolute atomic E-state index is 0.0268. The molecule has 1 atom stereocenters. The highest BCUT2D eigenvalue weighted by atomic mass is 79.9. The maximum atomic E-state index is 12.2. The maximum Gasteiger partial charge on any atom is 0.242 e. The van der Waals surface area contributed by atoms with Crippen LogP contribution in [-0.2, 0) is 11.8 Å². The molecule has 0 spiro atoms. The zero-order chi connectivity index (χ0) is 19.3. The van der Waals surface area contributed by atoms with Gasteiger partial charge in [-0.1, -0.05) is 6.07 Å². The number of nitrogens with zero attached hydrogens (tertiary/aromatic N) is 6. The summed E-state index contributed by atoms with van der Waals surface area (Å²) in [6.07, 6.45) is 5.25. The molecule has 0 unspecified atom stereocenters. The summed E-state index contributed by atoms with van der Waals surface area (Å²) in [5, 5.41) is 15.9. The number of fused-ring (bicyclic) bond motifs is 3. The van der Waals surface area contributed by atoms with E-state index in [4.69, 9.17) is 9.97 Å². The predicted molar refractivity (Wildman–Crippen MR) is 108 cm³/mol.